The Morgan fingerprint density at radius 3 is 2.80 bits per heavy atom. The minimum absolute atomic E-state index is 0.497. The van der Waals surface area contributed by atoms with Crippen LogP contribution in [-0.4, -0.2) is 4.98 Å². The third kappa shape index (κ3) is 3.06. The second kappa shape index (κ2) is 4.94. The summed E-state index contributed by atoms with van der Waals surface area (Å²) in [6.07, 6.45) is 1.76. The number of benzene rings is 1. The second-order valence-corrected chi connectivity index (χ2v) is 3.98. The van der Waals surface area contributed by atoms with Gasteiger partial charge in [0.05, 0.1) is 5.69 Å². The highest BCUT2D eigenvalue weighted by Gasteiger charge is 1.96. The van der Waals surface area contributed by atoms with Gasteiger partial charge in [0.1, 0.15) is 12.4 Å². The van der Waals surface area contributed by atoms with Gasteiger partial charge < -0.3 is 4.74 Å². The Morgan fingerprint density at radius 1 is 1.13 bits per heavy atom. The zero-order valence-corrected chi connectivity index (χ0v) is 9.65. The molecule has 0 aliphatic rings. The van der Waals surface area contributed by atoms with E-state index in [4.69, 9.17) is 4.74 Å². The van der Waals surface area contributed by atoms with Crippen molar-refractivity contribution in [1.82, 2.24) is 4.98 Å². The molecule has 0 aliphatic heterocycles. The van der Waals surface area contributed by atoms with Gasteiger partial charge in [-0.1, -0.05) is 28.1 Å². The van der Waals surface area contributed by atoms with Gasteiger partial charge in [0.15, 0.2) is 0 Å². The molecule has 0 N–H and O–H groups in total. The number of rotatable bonds is 3. The first-order valence-corrected chi connectivity index (χ1v) is 5.42. The molecule has 0 unspecified atom stereocenters. The molecule has 0 radical (unpaired) electrons. The molecule has 1 aromatic heterocycles. The summed E-state index contributed by atoms with van der Waals surface area (Å²) in [7, 11) is 0. The fraction of sp³-hybridized carbons (Fsp3) is 0.0833. The quantitative estimate of drug-likeness (QED) is 0.847. The highest BCUT2D eigenvalue weighted by molar-refractivity contribution is 9.10. The zero-order chi connectivity index (χ0) is 10.5. The summed E-state index contributed by atoms with van der Waals surface area (Å²) in [6.45, 7) is 0.497. The first kappa shape index (κ1) is 10.2. The van der Waals surface area contributed by atoms with Crippen molar-refractivity contribution in [2.75, 3.05) is 0 Å². The van der Waals surface area contributed by atoms with Crippen molar-refractivity contribution in [2.45, 2.75) is 6.61 Å². The molecule has 2 rings (SSSR count). The Hall–Kier alpha value is -1.35. The molecular weight excluding hydrogens is 254 g/mol. The van der Waals surface area contributed by atoms with E-state index in [1.54, 1.807) is 6.20 Å². The predicted molar refractivity (Wildman–Crippen MR) is 62.7 cm³/mol. The van der Waals surface area contributed by atoms with E-state index in [9.17, 15) is 0 Å². The molecule has 2 nitrogen and oxygen atoms in total. The molecule has 0 aliphatic carbocycles. The molecule has 0 fully saturated rings. The molecule has 0 atom stereocenters. The lowest BCUT2D eigenvalue weighted by Gasteiger charge is -2.05. The SMILES string of the molecule is Brc1cccc(OCc2ccccn2)c1. The molecule has 0 bridgehead atoms. The van der Waals surface area contributed by atoms with Crippen molar-refractivity contribution in [2.24, 2.45) is 0 Å². The Balaban J connectivity index is 1.99. The van der Waals surface area contributed by atoms with Crippen LogP contribution < -0.4 is 4.74 Å². The van der Waals surface area contributed by atoms with Crippen LogP contribution in [0.5, 0.6) is 5.75 Å². The number of hydrogen-bond donors (Lipinski definition) is 0. The monoisotopic (exact) mass is 263 g/mol. The number of pyridine rings is 1. The van der Waals surface area contributed by atoms with E-state index in [1.165, 1.54) is 0 Å². The molecule has 2 aromatic rings. The fourth-order valence-corrected chi connectivity index (χ4v) is 1.58. The Morgan fingerprint density at radius 2 is 2.07 bits per heavy atom. The van der Waals surface area contributed by atoms with Gasteiger partial charge in [0.25, 0.3) is 0 Å². The zero-order valence-electron chi connectivity index (χ0n) is 8.06. The maximum Gasteiger partial charge on any atom is 0.130 e. The topological polar surface area (TPSA) is 22.1 Å². The Labute approximate surface area is 97.1 Å². The normalized spacial score (nSPS) is 9.93. The van der Waals surface area contributed by atoms with E-state index in [2.05, 4.69) is 20.9 Å². The fourth-order valence-electron chi connectivity index (χ4n) is 1.20. The standard InChI is InChI=1S/C12H10BrNO/c13-10-4-3-6-12(8-10)15-9-11-5-1-2-7-14-11/h1-8H,9H2. The predicted octanol–water partition coefficient (Wildman–Crippen LogP) is 3.42. The maximum absolute atomic E-state index is 5.58. The van der Waals surface area contributed by atoms with E-state index >= 15 is 0 Å². The number of nitrogens with zero attached hydrogens (tertiary/aromatic N) is 1. The van der Waals surface area contributed by atoms with Gasteiger partial charge in [-0.2, -0.15) is 0 Å². The molecule has 0 amide bonds. The first-order chi connectivity index (χ1) is 7.34. The Kier molecular flexibility index (Phi) is 3.35. The first-order valence-electron chi connectivity index (χ1n) is 4.63. The molecule has 3 heteroatoms. The molecular formula is C12H10BrNO. The summed E-state index contributed by atoms with van der Waals surface area (Å²) in [5, 5.41) is 0. The third-order valence-electron chi connectivity index (χ3n) is 1.91. The number of halogens is 1. The van der Waals surface area contributed by atoms with Gasteiger partial charge >= 0.3 is 0 Å². The van der Waals surface area contributed by atoms with Crippen molar-refractivity contribution in [1.29, 1.82) is 0 Å². The minimum Gasteiger partial charge on any atom is -0.487 e. The van der Waals surface area contributed by atoms with Crippen LogP contribution in [0.15, 0.2) is 53.1 Å². The summed E-state index contributed by atoms with van der Waals surface area (Å²) in [5.74, 6) is 0.843. The smallest absolute Gasteiger partial charge is 0.130 e. The van der Waals surface area contributed by atoms with E-state index in [1.807, 2.05) is 42.5 Å². The Bertz CT molecular complexity index is 431. The molecule has 0 spiro atoms. The highest BCUT2D eigenvalue weighted by Crippen LogP contribution is 2.18. The number of aromatic nitrogens is 1. The van der Waals surface area contributed by atoms with Gasteiger partial charge in [0.2, 0.25) is 0 Å². The van der Waals surface area contributed by atoms with E-state index in [-0.39, 0.29) is 0 Å². The average Bonchev–Trinajstić information content (AvgIpc) is 2.28. The van der Waals surface area contributed by atoms with Gasteiger partial charge in [-0.15, -0.1) is 0 Å². The molecule has 0 saturated heterocycles. The van der Waals surface area contributed by atoms with E-state index < -0.39 is 0 Å². The second-order valence-electron chi connectivity index (χ2n) is 3.07. The summed E-state index contributed by atoms with van der Waals surface area (Å²) in [4.78, 5) is 4.18. The average molecular weight is 264 g/mol. The lowest BCUT2D eigenvalue weighted by Crippen LogP contribution is -1.97. The highest BCUT2D eigenvalue weighted by atomic mass is 79.9. The van der Waals surface area contributed by atoms with E-state index in [0.29, 0.717) is 6.61 Å². The minimum atomic E-state index is 0.497. The molecule has 1 heterocycles. The van der Waals surface area contributed by atoms with Gasteiger partial charge in [0, 0.05) is 10.7 Å². The van der Waals surface area contributed by atoms with Crippen molar-refractivity contribution in [3.63, 3.8) is 0 Å². The molecule has 1 aromatic carbocycles. The number of ether oxygens (including phenoxy) is 1. The van der Waals surface area contributed by atoms with Gasteiger partial charge in [-0.05, 0) is 30.3 Å². The molecule has 15 heavy (non-hydrogen) atoms. The number of hydrogen-bond acceptors (Lipinski definition) is 2. The largest absolute Gasteiger partial charge is 0.487 e. The van der Waals surface area contributed by atoms with Crippen LogP contribution in [0, 0.1) is 0 Å². The van der Waals surface area contributed by atoms with E-state index in [0.717, 1.165) is 15.9 Å². The maximum atomic E-state index is 5.58. The molecule has 0 saturated carbocycles. The summed E-state index contributed by atoms with van der Waals surface area (Å²) in [6, 6.07) is 13.6. The van der Waals surface area contributed by atoms with Crippen molar-refractivity contribution in [3.05, 3.63) is 58.8 Å². The summed E-state index contributed by atoms with van der Waals surface area (Å²) in [5.41, 5.74) is 0.928. The molecule has 76 valence electrons. The van der Waals surface area contributed by atoms with Crippen molar-refractivity contribution in [3.8, 4) is 5.75 Å². The van der Waals surface area contributed by atoms with Crippen LogP contribution in [0.3, 0.4) is 0 Å². The van der Waals surface area contributed by atoms with Crippen LogP contribution in [0.25, 0.3) is 0 Å². The lowest BCUT2D eigenvalue weighted by atomic mass is 10.3. The summed E-state index contributed by atoms with van der Waals surface area (Å²) >= 11 is 3.39. The van der Waals surface area contributed by atoms with Crippen molar-refractivity contribution < 1.29 is 4.74 Å². The van der Waals surface area contributed by atoms with Crippen LogP contribution in [0.4, 0.5) is 0 Å². The van der Waals surface area contributed by atoms with Crippen LogP contribution in [0.1, 0.15) is 5.69 Å². The van der Waals surface area contributed by atoms with Crippen LogP contribution >= 0.6 is 15.9 Å². The van der Waals surface area contributed by atoms with Gasteiger partial charge in [-0.25, -0.2) is 0 Å². The van der Waals surface area contributed by atoms with Crippen LogP contribution in [-0.2, 0) is 6.61 Å². The lowest BCUT2D eigenvalue weighted by molar-refractivity contribution is 0.301. The van der Waals surface area contributed by atoms with Crippen LogP contribution in [0.2, 0.25) is 0 Å². The summed E-state index contributed by atoms with van der Waals surface area (Å²) < 4.78 is 6.60. The third-order valence-corrected chi connectivity index (χ3v) is 2.40. The van der Waals surface area contributed by atoms with Crippen molar-refractivity contribution >= 4 is 15.9 Å². The van der Waals surface area contributed by atoms with Gasteiger partial charge in [-0.3, -0.25) is 4.98 Å².